The summed E-state index contributed by atoms with van der Waals surface area (Å²) in [5.74, 6) is 0.940. The Balaban J connectivity index is 2.03. The topological polar surface area (TPSA) is 78.2 Å². The molecule has 2 heterocycles. The molecule has 1 amide bonds. The summed E-state index contributed by atoms with van der Waals surface area (Å²) in [5.41, 5.74) is 1.46. The van der Waals surface area contributed by atoms with E-state index < -0.39 is 0 Å². The van der Waals surface area contributed by atoms with Crippen molar-refractivity contribution in [2.75, 3.05) is 31.6 Å². The lowest BCUT2D eigenvalue weighted by molar-refractivity contribution is -0.135. The van der Waals surface area contributed by atoms with Crippen LogP contribution in [0.15, 0.2) is 12.1 Å². The van der Waals surface area contributed by atoms with E-state index in [0.717, 1.165) is 5.69 Å². The summed E-state index contributed by atoms with van der Waals surface area (Å²) in [7, 11) is 0. The maximum absolute atomic E-state index is 11.4. The van der Waals surface area contributed by atoms with E-state index in [1.165, 1.54) is 0 Å². The van der Waals surface area contributed by atoms with E-state index in [1.807, 2.05) is 6.07 Å². The summed E-state index contributed by atoms with van der Waals surface area (Å²) < 4.78 is 5.66. The zero-order chi connectivity index (χ0) is 16.1. The fraction of sp³-hybridized carbons (Fsp3) is 0.562. The van der Waals surface area contributed by atoms with Crippen molar-refractivity contribution in [3.8, 4) is 6.07 Å². The van der Waals surface area contributed by atoms with Crippen molar-refractivity contribution >= 4 is 11.7 Å². The minimum Gasteiger partial charge on any atom is -0.373 e. The number of anilines is 1. The van der Waals surface area contributed by atoms with Crippen molar-refractivity contribution in [1.29, 1.82) is 5.26 Å². The Hall–Kier alpha value is -2.13. The number of nitrogens with zero attached hydrogens (tertiary/aromatic N) is 3. The highest BCUT2D eigenvalue weighted by Crippen LogP contribution is 2.18. The molecule has 1 aromatic heterocycles. The Labute approximate surface area is 131 Å². The molecule has 1 aliphatic heterocycles. The fourth-order valence-electron chi connectivity index (χ4n) is 2.36. The third-order valence-corrected chi connectivity index (χ3v) is 3.71. The molecule has 0 bridgehead atoms. The highest BCUT2D eigenvalue weighted by molar-refractivity contribution is 5.73. The molecule has 0 radical (unpaired) electrons. The van der Waals surface area contributed by atoms with Crippen LogP contribution < -0.4 is 5.32 Å². The second-order valence-electron chi connectivity index (χ2n) is 5.74. The average molecular weight is 302 g/mol. The first-order chi connectivity index (χ1) is 10.5. The molecule has 1 unspecified atom stereocenters. The Bertz CT molecular complexity index is 580. The maximum Gasteiger partial charge on any atom is 0.219 e. The quantitative estimate of drug-likeness (QED) is 0.916. The van der Waals surface area contributed by atoms with Crippen molar-refractivity contribution in [1.82, 2.24) is 9.88 Å². The SMILES string of the molecule is CC(=O)N1CCOC(CNc2nc(C(C)C)ccc2C#N)C1. The van der Waals surface area contributed by atoms with Gasteiger partial charge in [0.25, 0.3) is 0 Å². The molecule has 0 aliphatic carbocycles. The summed E-state index contributed by atoms with van der Waals surface area (Å²) in [4.78, 5) is 17.7. The van der Waals surface area contributed by atoms with Crippen LogP contribution in [-0.4, -0.2) is 48.1 Å². The van der Waals surface area contributed by atoms with Gasteiger partial charge in [-0.1, -0.05) is 13.8 Å². The average Bonchev–Trinajstić information content (AvgIpc) is 2.52. The number of nitriles is 1. The molecule has 1 saturated heterocycles. The molecule has 6 nitrogen and oxygen atoms in total. The third kappa shape index (κ3) is 3.95. The Morgan fingerprint density at radius 1 is 1.59 bits per heavy atom. The van der Waals surface area contributed by atoms with Gasteiger partial charge in [-0.05, 0) is 18.1 Å². The number of ether oxygens (including phenoxy) is 1. The lowest BCUT2D eigenvalue weighted by Crippen LogP contribution is -2.47. The van der Waals surface area contributed by atoms with E-state index in [0.29, 0.717) is 43.5 Å². The smallest absolute Gasteiger partial charge is 0.219 e. The molecular weight excluding hydrogens is 280 g/mol. The molecule has 1 N–H and O–H groups in total. The fourth-order valence-corrected chi connectivity index (χ4v) is 2.36. The lowest BCUT2D eigenvalue weighted by Gasteiger charge is -2.32. The summed E-state index contributed by atoms with van der Waals surface area (Å²) in [5, 5.41) is 12.4. The Kier molecular flexibility index (Phi) is 5.34. The van der Waals surface area contributed by atoms with Gasteiger partial charge in [-0.15, -0.1) is 0 Å². The first-order valence-electron chi connectivity index (χ1n) is 7.53. The number of carbonyl (C=O) groups is 1. The summed E-state index contributed by atoms with van der Waals surface area (Å²) >= 11 is 0. The highest BCUT2D eigenvalue weighted by Gasteiger charge is 2.22. The number of carbonyl (C=O) groups excluding carboxylic acids is 1. The Morgan fingerprint density at radius 2 is 2.36 bits per heavy atom. The molecule has 22 heavy (non-hydrogen) atoms. The van der Waals surface area contributed by atoms with Gasteiger partial charge >= 0.3 is 0 Å². The molecule has 1 atom stereocenters. The molecule has 1 aliphatic rings. The van der Waals surface area contributed by atoms with Crippen LogP contribution in [0.3, 0.4) is 0 Å². The van der Waals surface area contributed by atoms with Crippen LogP contribution in [0.2, 0.25) is 0 Å². The van der Waals surface area contributed by atoms with E-state index in [9.17, 15) is 10.1 Å². The van der Waals surface area contributed by atoms with Crippen LogP contribution >= 0.6 is 0 Å². The first-order valence-corrected chi connectivity index (χ1v) is 7.53. The second kappa shape index (κ2) is 7.23. The van der Waals surface area contributed by atoms with Crippen LogP contribution in [0.5, 0.6) is 0 Å². The van der Waals surface area contributed by atoms with Crippen LogP contribution in [-0.2, 0) is 9.53 Å². The van der Waals surface area contributed by atoms with Crippen LogP contribution in [0.4, 0.5) is 5.82 Å². The van der Waals surface area contributed by atoms with Crippen molar-refractivity contribution in [3.63, 3.8) is 0 Å². The van der Waals surface area contributed by atoms with E-state index in [-0.39, 0.29) is 12.0 Å². The molecule has 0 saturated carbocycles. The van der Waals surface area contributed by atoms with Crippen molar-refractivity contribution < 1.29 is 9.53 Å². The van der Waals surface area contributed by atoms with E-state index in [4.69, 9.17) is 4.74 Å². The second-order valence-corrected chi connectivity index (χ2v) is 5.74. The molecule has 1 fully saturated rings. The first kappa shape index (κ1) is 16.2. The number of amides is 1. The predicted octanol–water partition coefficient (Wildman–Crippen LogP) is 1.74. The summed E-state index contributed by atoms with van der Waals surface area (Å²) in [6.45, 7) is 7.95. The Morgan fingerprint density at radius 3 is 3.00 bits per heavy atom. The van der Waals surface area contributed by atoms with Gasteiger partial charge in [0.2, 0.25) is 5.91 Å². The van der Waals surface area contributed by atoms with Gasteiger partial charge in [-0.3, -0.25) is 4.79 Å². The number of rotatable bonds is 4. The monoisotopic (exact) mass is 302 g/mol. The number of nitrogens with one attached hydrogen (secondary N) is 1. The van der Waals surface area contributed by atoms with E-state index in [1.54, 1.807) is 17.9 Å². The van der Waals surface area contributed by atoms with Gasteiger partial charge in [0.15, 0.2) is 0 Å². The van der Waals surface area contributed by atoms with Gasteiger partial charge in [-0.2, -0.15) is 5.26 Å². The number of aromatic nitrogens is 1. The minimum atomic E-state index is -0.0892. The largest absolute Gasteiger partial charge is 0.373 e. The van der Waals surface area contributed by atoms with Crippen LogP contribution in [0, 0.1) is 11.3 Å². The van der Waals surface area contributed by atoms with Crippen molar-refractivity contribution in [2.24, 2.45) is 0 Å². The summed E-state index contributed by atoms with van der Waals surface area (Å²) in [6, 6.07) is 5.81. The molecule has 0 spiro atoms. The van der Waals surface area contributed by atoms with Gasteiger partial charge < -0.3 is 15.0 Å². The van der Waals surface area contributed by atoms with Crippen molar-refractivity contribution in [3.05, 3.63) is 23.4 Å². The molecule has 2 rings (SSSR count). The minimum absolute atomic E-state index is 0.0611. The standard InChI is InChI=1S/C16H22N4O2/c1-11(2)15-5-4-13(8-17)16(19-15)18-9-14-10-20(12(3)21)6-7-22-14/h4-5,11,14H,6-7,9-10H2,1-3H3,(H,18,19). The van der Waals surface area contributed by atoms with Gasteiger partial charge in [0, 0.05) is 32.3 Å². The summed E-state index contributed by atoms with van der Waals surface area (Å²) in [6.07, 6.45) is -0.0892. The lowest BCUT2D eigenvalue weighted by atomic mass is 10.1. The molecular formula is C16H22N4O2. The zero-order valence-electron chi connectivity index (χ0n) is 13.3. The van der Waals surface area contributed by atoms with Gasteiger partial charge in [0.05, 0.1) is 18.3 Å². The highest BCUT2D eigenvalue weighted by atomic mass is 16.5. The maximum atomic E-state index is 11.4. The van der Waals surface area contributed by atoms with Crippen LogP contribution in [0.25, 0.3) is 0 Å². The molecule has 6 heteroatoms. The number of hydrogen-bond donors (Lipinski definition) is 1. The van der Waals surface area contributed by atoms with Gasteiger partial charge in [0.1, 0.15) is 11.9 Å². The van der Waals surface area contributed by atoms with Gasteiger partial charge in [-0.25, -0.2) is 4.98 Å². The van der Waals surface area contributed by atoms with Crippen molar-refractivity contribution in [2.45, 2.75) is 32.8 Å². The van der Waals surface area contributed by atoms with E-state index >= 15 is 0 Å². The normalized spacial score (nSPS) is 18.1. The molecule has 118 valence electrons. The molecule has 0 aromatic carbocycles. The van der Waals surface area contributed by atoms with Crippen LogP contribution in [0.1, 0.15) is 37.9 Å². The predicted molar refractivity (Wildman–Crippen MR) is 83.5 cm³/mol. The number of pyridine rings is 1. The molecule has 1 aromatic rings. The third-order valence-electron chi connectivity index (χ3n) is 3.71. The van der Waals surface area contributed by atoms with E-state index in [2.05, 4.69) is 30.2 Å². The zero-order valence-corrected chi connectivity index (χ0v) is 13.3. The number of morpholine rings is 1. The number of hydrogen-bond acceptors (Lipinski definition) is 5.